The lowest BCUT2D eigenvalue weighted by Crippen LogP contribution is -2.45. The Balaban J connectivity index is 3.62. The second-order valence-electron chi connectivity index (χ2n) is 1.62. The summed E-state index contributed by atoms with van der Waals surface area (Å²) in [6.07, 6.45) is -3.52. The Kier molecular flexibility index (Phi) is 3.59. The van der Waals surface area contributed by atoms with Crippen LogP contribution in [0.5, 0.6) is 0 Å². The summed E-state index contributed by atoms with van der Waals surface area (Å²) in [6.45, 7) is 3.31. The normalized spacial score (nSPS) is 10.8. The molecule has 0 heterocycles. The molecule has 0 bridgehead atoms. The maximum absolute atomic E-state index is 11.4. The van der Waals surface area contributed by atoms with Gasteiger partial charge in [0.05, 0.1) is 0 Å². The molecule has 0 fully saturated rings. The molecular weight excluding hydrogens is 161 g/mol. The largest absolute Gasteiger partial charge is 0.472 e. The van der Waals surface area contributed by atoms with Gasteiger partial charge < -0.3 is 0 Å². The van der Waals surface area contributed by atoms with E-state index in [1.54, 1.807) is 0 Å². The van der Waals surface area contributed by atoms with Crippen molar-refractivity contribution in [1.82, 2.24) is 10.9 Å². The average Bonchev–Trinajstić information content (AvgIpc) is 1.86. The van der Waals surface area contributed by atoms with Crippen LogP contribution in [0.25, 0.3) is 0 Å². The third-order valence-electron chi connectivity index (χ3n) is 0.706. The van der Waals surface area contributed by atoms with Gasteiger partial charge in [0.25, 0.3) is 0 Å². The van der Waals surface area contributed by atoms with Crippen molar-refractivity contribution < 1.29 is 18.0 Å². The molecule has 0 aromatic heterocycles. The number of nitrogens with one attached hydrogen (secondary N) is 2. The minimum Gasteiger partial charge on any atom is -0.283 e. The molecule has 0 aromatic rings. The predicted molar refractivity (Wildman–Crippen MR) is 32.4 cm³/mol. The van der Waals surface area contributed by atoms with Crippen LogP contribution in [0.2, 0.25) is 0 Å². The highest BCUT2D eigenvalue weighted by Gasteiger charge is 2.38. The predicted octanol–water partition coefficient (Wildman–Crippen LogP) is 0.355. The lowest BCUT2D eigenvalue weighted by atomic mass is 10.6. The van der Waals surface area contributed by atoms with Gasteiger partial charge in [-0.3, -0.25) is 10.2 Å². The van der Waals surface area contributed by atoms with Crippen molar-refractivity contribution >= 4 is 5.91 Å². The fraction of sp³-hybridized carbons (Fsp3) is 0.400. The quantitative estimate of drug-likeness (QED) is 0.363. The van der Waals surface area contributed by atoms with Crippen LogP contribution in [0.15, 0.2) is 12.7 Å². The molecule has 0 saturated heterocycles. The summed E-state index contributed by atoms with van der Waals surface area (Å²) in [5.74, 6) is -2.01. The van der Waals surface area contributed by atoms with Gasteiger partial charge in [0.15, 0.2) is 0 Å². The number of carbonyl (C=O) groups excluding carboxylic acids is 1. The fourth-order valence-corrected chi connectivity index (χ4v) is 0.274. The molecule has 0 aliphatic carbocycles. The van der Waals surface area contributed by atoms with Crippen LogP contribution in [-0.4, -0.2) is 18.6 Å². The number of halogens is 3. The summed E-state index contributed by atoms with van der Waals surface area (Å²) in [5, 5.41) is 0. The first-order chi connectivity index (χ1) is 4.98. The number of hydrogen-bond donors (Lipinski definition) is 2. The van der Waals surface area contributed by atoms with Gasteiger partial charge in [-0.05, 0) is 0 Å². The smallest absolute Gasteiger partial charge is 0.283 e. The third-order valence-corrected chi connectivity index (χ3v) is 0.706. The van der Waals surface area contributed by atoms with Crippen molar-refractivity contribution in [3.8, 4) is 0 Å². The van der Waals surface area contributed by atoms with E-state index in [-0.39, 0.29) is 6.54 Å². The number of amides is 1. The Morgan fingerprint density at radius 1 is 1.55 bits per heavy atom. The van der Waals surface area contributed by atoms with Gasteiger partial charge in [0.1, 0.15) is 0 Å². The van der Waals surface area contributed by atoms with E-state index in [0.717, 1.165) is 0 Å². The number of rotatable bonds is 3. The van der Waals surface area contributed by atoms with E-state index < -0.39 is 12.1 Å². The SMILES string of the molecule is C=CCNNC(=O)C(F)(F)F. The van der Waals surface area contributed by atoms with Crippen molar-refractivity contribution in [2.24, 2.45) is 0 Å². The molecule has 0 saturated carbocycles. The summed E-state index contributed by atoms with van der Waals surface area (Å²) >= 11 is 0. The Morgan fingerprint density at radius 2 is 2.09 bits per heavy atom. The second kappa shape index (κ2) is 3.97. The molecule has 64 valence electrons. The Bertz CT molecular complexity index is 154. The van der Waals surface area contributed by atoms with Crippen molar-refractivity contribution in [2.75, 3.05) is 6.54 Å². The van der Waals surface area contributed by atoms with E-state index in [1.165, 1.54) is 11.5 Å². The Hall–Kier alpha value is -1.04. The van der Waals surface area contributed by atoms with Crippen LogP contribution in [0.3, 0.4) is 0 Å². The van der Waals surface area contributed by atoms with Gasteiger partial charge >= 0.3 is 12.1 Å². The summed E-state index contributed by atoms with van der Waals surface area (Å²) in [4.78, 5) is 10.0. The molecule has 0 atom stereocenters. The molecule has 2 N–H and O–H groups in total. The molecule has 1 amide bonds. The second-order valence-corrected chi connectivity index (χ2v) is 1.62. The van der Waals surface area contributed by atoms with E-state index in [9.17, 15) is 18.0 Å². The maximum atomic E-state index is 11.4. The van der Waals surface area contributed by atoms with Crippen molar-refractivity contribution in [3.05, 3.63) is 12.7 Å². The molecule has 0 aliphatic heterocycles. The molecule has 6 heteroatoms. The third kappa shape index (κ3) is 4.38. The Morgan fingerprint density at radius 3 is 2.45 bits per heavy atom. The van der Waals surface area contributed by atoms with E-state index >= 15 is 0 Å². The van der Waals surface area contributed by atoms with Gasteiger partial charge in [-0.15, -0.1) is 6.58 Å². The minimum absolute atomic E-state index is 0.0851. The summed E-state index contributed by atoms with van der Waals surface area (Å²) < 4.78 is 34.2. The molecule has 0 aliphatic rings. The highest BCUT2D eigenvalue weighted by atomic mass is 19.4. The summed E-state index contributed by atoms with van der Waals surface area (Å²) in [7, 11) is 0. The molecule has 0 radical (unpaired) electrons. The molecule has 3 nitrogen and oxygen atoms in total. The van der Waals surface area contributed by atoms with Crippen LogP contribution in [0.1, 0.15) is 0 Å². The zero-order valence-corrected chi connectivity index (χ0v) is 5.53. The van der Waals surface area contributed by atoms with Crippen LogP contribution in [-0.2, 0) is 4.79 Å². The van der Waals surface area contributed by atoms with E-state index in [4.69, 9.17) is 0 Å². The first-order valence-electron chi connectivity index (χ1n) is 2.69. The van der Waals surface area contributed by atoms with Gasteiger partial charge in [-0.1, -0.05) is 6.08 Å². The molecule has 0 rings (SSSR count). The molecule has 0 aromatic carbocycles. The highest BCUT2D eigenvalue weighted by Crippen LogP contribution is 2.13. The number of alkyl halides is 3. The lowest BCUT2D eigenvalue weighted by Gasteiger charge is -2.06. The van der Waals surface area contributed by atoms with Gasteiger partial charge in [0, 0.05) is 6.54 Å². The van der Waals surface area contributed by atoms with E-state index in [0.29, 0.717) is 0 Å². The first-order valence-corrected chi connectivity index (χ1v) is 2.69. The standard InChI is InChI=1S/C5H7F3N2O/c1-2-3-9-10-4(11)5(6,7)8/h2,9H,1,3H2,(H,10,11). The monoisotopic (exact) mass is 168 g/mol. The zero-order valence-electron chi connectivity index (χ0n) is 5.53. The van der Waals surface area contributed by atoms with E-state index in [2.05, 4.69) is 6.58 Å². The average molecular weight is 168 g/mol. The number of hydrazine groups is 1. The van der Waals surface area contributed by atoms with Crippen molar-refractivity contribution in [2.45, 2.75) is 6.18 Å². The summed E-state index contributed by atoms with van der Waals surface area (Å²) in [5.41, 5.74) is 3.44. The molecule has 0 spiro atoms. The topological polar surface area (TPSA) is 41.1 Å². The fourth-order valence-electron chi connectivity index (χ4n) is 0.274. The number of carbonyl (C=O) groups is 1. The Labute approximate surface area is 61.2 Å². The van der Waals surface area contributed by atoms with Crippen LogP contribution in [0.4, 0.5) is 13.2 Å². The lowest BCUT2D eigenvalue weighted by molar-refractivity contribution is -0.174. The zero-order chi connectivity index (χ0) is 8.91. The molecule has 11 heavy (non-hydrogen) atoms. The van der Waals surface area contributed by atoms with Gasteiger partial charge in [-0.2, -0.15) is 13.2 Å². The highest BCUT2D eigenvalue weighted by molar-refractivity contribution is 5.81. The summed E-state index contributed by atoms with van der Waals surface area (Å²) in [6, 6.07) is 0. The van der Waals surface area contributed by atoms with E-state index in [1.807, 2.05) is 5.43 Å². The molecular formula is C5H7F3N2O. The van der Waals surface area contributed by atoms with Gasteiger partial charge in [-0.25, -0.2) is 5.43 Å². The van der Waals surface area contributed by atoms with Gasteiger partial charge in [0.2, 0.25) is 0 Å². The number of hydrogen-bond acceptors (Lipinski definition) is 2. The van der Waals surface area contributed by atoms with Crippen molar-refractivity contribution in [3.63, 3.8) is 0 Å². The van der Waals surface area contributed by atoms with Crippen LogP contribution in [0, 0.1) is 0 Å². The van der Waals surface area contributed by atoms with Crippen LogP contribution >= 0.6 is 0 Å². The first kappa shape index (κ1) is 9.96. The van der Waals surface area contributed by atoms with Crippen LogP contribution < -0.4 is 10.9 Å². The van der Waals surface area contributed by atoms with Crippen molar-refractivity contribution in [1.29, 1.82) is 0 Å². The maximum Gasteiger partial charge on any atom is 0.472 e. The molecule has 0 unspecified atom stereocenters. The minimum atomic E-state index is -4.84.